The number of nitrogens with zero attached hydrogens (tertiary/aromatic N) is 1. The smallest absolute Gasteiger partial charge is 0.261 e. The molecule has 2 aromatic rings. The van der Waals surface area contributed by atoms with Crippen molar-refractivity contribution in [3.63, 3.8) is 0 Å². The topological polar surface area (TPSA) is 106 Å². The Morgan fingerprint density at radius 1 is 1.24 bits per heavy atom. The van der Waals surface area contributed by atoms with Crippen molar-refractivity contribution in [2.75, 3.05) is 12.8 Å². The van der Waals surface area contributed by atoms with Crippen LogP contribution >= 0.6 is 0 Å². The first-order valence-corrected chi connectivity index (χ1v) is 11.2. The number of carbonyl (C=O) groups is 1. The minimum absolute atomic E-state index is 0.000416. The Balaban J connectivity index is 0.000000749. The van der Waals surface area contributed by atoms with Crippen molar-refractivity contribution in [1.29, 1.82) is 0 Å². The molecule has 0 radical (unpaired) electrons. The lowest BCUT2D eigenvalue weighted by atomic mass is 10.1. The fourth-order valence-electron chi connectivity index (χ4n) is 2.32. The van der Waals surface area contributed by atoms with E-state index in [1.165, 1.54) is 18.9 Å². The molecule has 0 saturated heterocycles. The monoisotopic (exact) mass is 422 g/mol. The number of ether oxygens (including phenoxy) is 1. The number of hydrogen-bond donors (Lipinski definition) is 2. The maximum Gasteiger partial charge on any atom is 0.261 e. The minimum atomic E-state index is -3.67. The second kappa shape index (κ2) is 11.6. The Kier molecular flexibility index (Phi) is 9.94. The standard InChI is InChI=1S/C20H26N2O2.CH4O3S/c1-14(2)9-10-21-12-17-5-7-19(15(3)11-17)24-20-8-6-18(13-22-20)16(4)23;1-5(2,3)4/h5-8,11,13-14,21H,9-10,12H2,1-4H3;1H3,(H,2,3,4). The summed E-state index contributed by atoms with van der Waals surface area (Å²) >= 11 is 0. The van der Waals surface area contributed by atoms with Crippen LogP contribution in [0.25, 0.3) is 0 Å². The van der Waals surface area contributed by atoms with Crippen LogP contribution in [0, 0.1) is 12.8 Å². The molecule has 0 fully saturated rings. The molecule has 7 nitrogen and oxygen atoms in total. The van der Waals surface area contributed by atoms with Crippen LogP contribution in [0.15, 0.2) is 36.5 Å². The number of rotatable bonds is 8. The van der Waals surface area contributed by atoms with Gasteiger partial charge in [0, 0.05) is 24.4 Å². The highest BCUT2D eigenvalue weighted by molar-refractivity contribution is 7.85. The van der Waals surface area contributed by atoms with Crippen LogP contribution in [0.4, 0.5) is 0 Å². The molecule has 8 heteroatoms. The van der Waals surface area contributed by atoms with Gasteiger partial charge in [-0.2, -0.15) is 8.42 Å². The molecule has 0 atom stereocenters. The van der Waals surface area contributed by atoms with Crippen LogP contribution < -0.4 is 10.1 Å². The zero-order valence-electron chi connectivity index (χ0n) is 17.6. The normalized spacial score (nSPS) is 11.0. The van der Waals surface area contributed by atoms with Crippen molar-refractivity contribution in [3.8, 4) is 11.6 Å². The Labute approximate surface area is 173 Å². The molecule has 0 aliphatic carbocycles. The lowest BCUT2D eigenvalue weighted by Crippen LogP contribution is -2.16. The molecule has 0 aliphatic heterocycles. The molecule has 2 rings (SSSR count). The predicted octanol–water partition coefficient (Wildman–Crippen LogP) is 4.02. The lowest BCUT2D eigenvalue weighted by molar-refractivity contribution is 0.101. The summed E-state index contributed by atoms with van der Waals surface area (Å²) in [6.45, 7) is 9.90. The molecule has 0 saturated carbocycles. The van der Waals surface area contributed by atoms with E-state index in [0.29, 0.717) is 17.7 Å². The third-order valence-electron chi connectivity index (χ3n) is 3.82. The number of nitrogens with one attached hydrogen (secondary N) is 1. The summed E-state index contributed by atoms with van der Waals surface area (Å²) in [6.07, 6.45) is 3.44. The third kappa shape index (κ3) is 11.3. The molecule has 0 spiro atoms. The number of aromatic nitrogens is 1. The molecule has 2 N–H and O–H groups in total. The molecular formula is C21H30N2O5S. The summed E-state index contributed by atoms with van der Waals surface area (Å²) in [4.78, 5) is 15.4. The maximum absolute atomic E-state index is 11.3. The highest BCUT2D eigenvalue weighted by atomic mass is 32.2. The zero-order valence-corrected chi connectivity index (χ0v) is 18.4. The summed E-state index contributed by atoms with van der Waals surface area (Å²) < 4.78 is 31.7. The van der Waals surface area contributed by atoms with Gasteiger partial charge in [-0.15, -0.1) is 0 Å². The van der Waals surface area contributed by atoms with Crippen LogP contribution in [0.3, 0.4) is 0 Å². The molecule has 1 aromatic heterocycles. The highest BCUT2D eigenvalue weighted by Gasteiger charge is 2.06. The number of ketones is 1. The van der Waals surface area contributed by atoms with Gasteiger partial charge in [0.25, 0.3) is 10.1 Å². The van der Waals surface area contributed by atoms with E-state index < -0.39 is 10.1 Å². The Bertz CT molecular complexity index is 886. The molecule has 0 bridgehead atoms. The summed E-state index contributed by atoms with van der Waals surface area (Å²) in [6, 6.07) is 9.61. The molecular weight excluding hydrogens is 392 g/mol. The number of aryl methyl sites for hydroxylation is 1. The SMILES string of the molecule is CC(=O)c1ccc(Oc2ccc(CNCCC(C)C)cc2C)nc1.CS(=O)(=O)O. The van der Waals surface area contributed by atoms with Crippen molar-refractivity contribution in [2.24, 2.45) is 5.92 Å². The van der Waals surface area contributed by atoms with Crippen LogP contribution in [0.1, 0.15) is 48.7 Å². The van der Waals surface area contributed by atoms with Crippen LogP contribution in [0.2, 0.25) is 0 Å². The van der Waals surface area contributed by atoms with Gasteiger partial charge in [0.2, 0.25) is 5.88 Å². The van der Waals surface area contributed by atoms with Crippen LogP contribution in [0.5, 0.6) is 11.6 Å². The van der Waals surface area contributed by atoms with Crippen molar-refractivity contribution < 1.29 is 22.5 Å². The van der Waals surface area contributed by atoms with Crippen LogP contribution in [-0.2, 0) is 16.7 Å². The van der Waals surface area contributed by atoms with Gasteiger partial charge < -0.3 is 10.1 Å². The van der Waals surface area contributed by atoms with Gasteiger partial charge in [0.15, 0.2) is 5.78 Å². The maximum atomic E-state index is 11.3. The first-order chi connectivity index (χ1) is 13.5. The van der Waals surface area contributed by atoms with Crippen molar-refractivity contribution in [3.05, 3.63) is 53.2 Å². The molecule has 29 heavy (non-hydrogen) atoms. The van der Waals surface area contributed by atoms with Gasteiger partial charge >= 0.3 is 0 Å². The number of carbonyl (C=O) groups excluding carboxylic acids is 1. The van der Waals surface area contributed by atoms with Gasteiger partial charge in [-0.1, -0.05) is 26.0 Å². The van der Waals surface area contributed by atoms with Crippen molar-refractivity contribution in [1.82, 2.24) is 10.3 Å². The average molecular weight is 423 g/mol. The van der Waals surface area contributed by atoms with Gasteiger partial charge in [0.1, 0.15) is 5.75 Å². The van der Waals surface area contributed by atoms with E-state index >= 15 is 0 Å². The second-order valence-corrected chi connectivity index (χ2v) is 8.70. The highest BCUT2D eigenvalue weighted by Crippen LogP contribution is 2.24. The largest absolute Gasteiger partial charge is 0.439 e. The lowest BCUT2D eigenvalue weighted by Gasteiger charge is -2.11. The molecule has 0 amide bonds. The van der Waals surface area contributed by atoms with E-state index in [1.807, 2.05) is 13.0 Å². The predicted molar refractivity (Wildman–Crippen MR) is 114 cm³/mol. The quantitative estimate of drug-likeness (QED) is 0.376. The summed E-state index contributed by atoms with van der Waals surface area (Å²) in [5.41, 5.74) is 2.89. The van der Waals surface area contributed by atoms with E-state index in [1.54, 1.807) is 18.3 Å². The second-order valence-electron chi connectivity index (χ2n) is 7.24. The van der Waals surface area contributed by atoms with E-state index in [-0.39, 0.29) is 5.78 Å². The first kappa shape index (κ1) is 24.7. The van der Waals surface area contributed by atoms with E-state index in [0.717, 1.165) is 30.3 Å². The molecule has 0 unspecified atom stereocenters. The van der Waals surface area contributed by atoms with E-state index in [4.69, 9.17) is 9.29 Å². The Morgan fingerprint density at radius 2 is 1.90 bits per heavy atom. The zero-order chi connectivity index (χ0) is 22.0. The summed E-state index contributed by atoms with van der Waals surface area (Å²) in [5, 5.41) is 3.46. The Hall–Kier alpha value is -2.29. The summed E-state index contributed by atoms with van der Waals surface area (Å²) in [7, 11) is -3.67. The fourth-order valence-corrected chi connectivity index (χ4v) is 2.32. The van der Waals surface area contributed by atoms with Gasteiger partial charge in [0.05, 0.1) is 6.26 Å². The summed E-state index contributed by atoms with van der Waals surface area (Å²) in [5.74, 6) is 1.99. The van der Waals surface area contributed by atoms with E-state index in [2.05, 4.69) is 36.3 Å². The van der Waals surface area contributed by atoms with Gasteiger partial charge in [-0.05, 0) is 56.0 Å². The number of hydrogen-bond acceptors (Lipinski definition) is 6. The molecule has 1 aromatic carbocycles. The molecule has 0 aliphatic rings. The fraction of sp³-hybridized carbons (Fsp3) is 0.429. The van der Waals surface area contributed by atoms with Gasteiger partial charge in [-0.25, -0.2) is 4.98 Å². The third-order valence-corrected chi connectivity index (χ3v) is 3.82. The Morgan fingerprint density at radius 3 is 2.38 bits per heavy atom. The first-order valence-electron chi connectivity index (χ1n) is 9.33. The molecule has 1 heterocycles. The number of benzene rings is 1. The number of Topliss-reactive ketones (excluding diaryl/α,β-unsaturated/α-hetero) is 1. The number of pyridine rings is 1. The van der Waals surface area contributed by atoms with E-state index in [9.17, 15) is 13.2 Å². The van der Waals surface area contributed by atoms with Gasteiger partial charge in [-0.3, -0.25) is 9.35 Å². The average Bonchev–Trinajstić information content (AvgIpc) is 2.60. The van der Waals surface area contributed by atoms with Crippen molar-refractivity contribution in [2.45, 2.75) is 40.7 Å². The van der Waals surface area contributed by atoms with Crippen LogP contribution in [-0.4, -0.2) is 36.5 Å². The van der Waals surface area contributed by atoms with Crippen molar-refractivity contribution >= 4 is 15.9 Å². The minimum Gasteiger partial charge on any atom is -0.439 e. The molecule has 160 valence electrons.